The van der Waals surface area contributed by atoms with Gasteiger partial charge >= 0.3 is 0 Å². The third-order valence-electron chi connectivity index (χ3n) is 5.42. The molecule has 1 aliphatic heterocycles. The van der Waals surface area contributed by atoms with Crippen LogP contribution >= 0.6 is 11.3 Å². The number of nitrogens with one attached hydrogen (secondary N) is 1. The highest BCUT2D eigenvalue weighted by Gasteiger charge is 2.29. The number of aryl methyl sites for hydroxylation is 1. The number of amides is 1. The van der Waals surface area contributed by atoms with Crippen molar-refractivity contribution in [2.24, 2.45) is 5.92 Å². The van der Waals surface area contributed by atoms with Crippen molar-refractivity contribution in [2.45, 2.75) is 51.5 Å². The van der Waals surface area contributed by atoms with Gasteiger partial charge in [0.15, 0.2) is 5.82 Å². The molecule has 1 N–H and O–H groups in total. The zero-order valence-electron chi connectivity index (χ0n) is 16.4. The van der Waals surface area contributed by atoms with E-state index < -0.39 is 0 Å². The normalized spacial score (nSPS) is 21.3. The van der Waals surface area contributed by atoms with E-state index >= 15 is 0 Å². The molecule has 2 unspecified atom stereocenters. The lowest BCUT2D eigenvalue weighted by Gasteiger charge is -2.35. The first-order chi connectivity index (χ1) is 13.6. The summed E-state index contributed by atoms with van der Waals surface area (Å²) in [4.78, 5) is 19.6. The summed E-state index contributed by atoms with van der Waals surface area (Å²) in [5.41, 5.74) is 1.08. The molecule has 1 amide bonds. The summed E-state index contributed by atoms with van der Waals surface area (Å²) in [5.74, 6) is 1.99. The molecule has 1 saturated heterocycles. The van der Waals surface area contributed by atoms with Gasteiger partial charge in [-0.25, -0.2) is 4.98 Å². The van der Waals surface area contributed by atoms with E-state index in [1.54, 1.807) is 23.5 Å². The molecule has 0 radical (unpaired) electrons. The molecule has 2 atom stereocenters. The van der Waals surface area contributed by atoms with Crippen molar-refractivity contribution < 1.29 is 9.53 Å². The summed E-state index contributed by atoms with van der Waals surface area (Å²) < 4.78 is 5.59. The molecule has 2 aliphatic rings. The molecular weight excluding hydrogens is 374 g/mol. The molecule has 4 rings (SSSR count). The van der Waals surface area contributed by atoms with Crippen molar-refractivity contribution in [3.8, 4) is 5.88 Å². The van der Waals surface area contributed by atoms with Crippen LogP contribution < -0.4 is 10.1 Å². The fraction of sp³-hybridized carbons (Fsp3) is 0.600. The van der Waals surface area contributed by atoms with E-state index in [2.05, 4.69) is 30.8 Å². The van der Waals surface area contributed by atoms with Crippen LogP contribution in [0.3, 0.4) is 0 Å². The van der Waals surface area contributed by atoms with Crippen LogP contribution in [0.1, 0.15) is 49.2 Å². The van der Waals surface area contributed by atoms with Gasteiger partial charge in [0, 0.05) is 29.6 Å². The standard InChI is InChI=1S/C20H27N5O2S/c1-13-12-28-20(21-13)16-4-3-9-25(10-16)14(2)19(26)22-17-7-8-18(24-23-17)27-11-15-5-6-15/h7-8,12,14-16H,3-6,9-11H2,1-2H3,(H,22,23,26). The number of thiazole rings is 1. The van der Waals surface area contributed by atoms with Gasteiger partial charge in [-0.2, -0.15) is 0 Å². The van der Waals surface area contributed by atoms with Crippen molar-refractivity contribution in [1.29, 1.82) is 0 Å². The molecule has 2 fully saturated rings. The second-order valence-electron chi connectivity index (χ2n) is 7.84. The molecule has 0 bridgehead atoms. The maximum atomic E-state index is 12.7. The lowest BCUT2D eigenvalue weighted by Crippen LogP contribution is -2.46. The van der Waals surface area contributed by atoms with E-state index in [0.717, 1.165) is 31.6 Å². The minimum atomic E-state index is -0.226. The molecule has 28 heavy (non-hydrogen) atoms. The topological polar surface area (TPSA) is 80.2 Å². The van der Waals surface area contributed by atoms with Gasteiger partial charge in [-0.05, 0) is 58.1 Å². The summed E-state index contributed by atoms with van der Waals surface area (Å²) in [5, 5.41) is 14.3. The Morgan fingerprint density at radius 2 is 2.21 bits per heavy atom. The largest absolute Gasteiger partial charge is 0.476 e. The molecule has 2 aromatic heterocycles. The van der Waals surface area contributed by atoms with Crippen LogP contribution in [-0.4, -0.2) is 51.7 Å². The lowest BCUT2D eigenvalue weighted by molar-refractivity contribution is -0.121. The maximum Gasteiger partial charge on any atom is 0.242 e. The smallest absolute Gasteiger partial charge is 0.242 e. The minimum Gasteiger partial charge on any atom is -0.476 e. The van der Waals surface area contributed by atoms with E-state index in [-0.39, 0.29) is 11.9 Å². The van der Waals surface area contributed by atoms with E-state index in [1.165, 1.54) is 17.8 Å². The fourth-order valence-corrected chi connectivity index (χ4v) is 4.39. The summed E-state index contributed by atoms with van der Waals surface area (Å²) in [6.07, 6.45) is 4.68. The summed E-state index contributed by atoms with van der Waals surface area (Å²) >= 11 is 1.72. The Kier molecular flexibility index (Phi) is 5.87. The average molecular weight is 402 g/mol. The first-order valence-electron chi connectivity index (χ1n) is 10.0. The number of anilines is 1. The second kappa shape index (κ2) is 8.53. The Morgan fingerprint density at radius 1 is 1.36 bits per heavy atom. The molecule has 2 aromatic rings. The molecule has 7 nitrogen and oxygen atoms in total. The molecule has 3 heterocycles. The van der Waals surface area contributed by atoms with E-state index in [0.29, 0.717) is 30.1 Å². The zero-order valence-corrected chi connectivity index (χ0v) is 17.2. The summed E-state index contributed by atoms with van der Waals surface area (Å²) in [6.45, 7) is 6.47. The van der Waals surface area contributed by atoms with Crippen molar-refractivity contribution in [3.63, 3.8) is 0 Å². The Labute approximate surface area is 169 Å². The summed E-state index contributed by atoms with van der Waals surface area (Å²) in [6, 6.07) is 3.28. The van der Waals surface area contributed by atoms with Gasteiger partial charge in [0.25, 0.3) is 0 Å². The monoisotopic (exact) mass is 401 g/mol. The average Bonchev–Trinajstić information content (AvgIpc) is 3.45. The van der Waals surface area contributed by atoms with Crippen LogP contribution in [0.4, 0.5) is 5.82 Å². The maximum absolute atomic E-state index is 12.7. The van der Waals surface area contributed by atoms with Crippen molar-refractivity contribution >= 4 is 23.1 Å². The van der Waals surface area contributed by atoms with Crippen LogP contribution in [-0.2, 0) is 4.79 Å². The fourth-order valence-electron chi connectivity index (χ4n) is 3.47. The number of carbonyl (C=O) groups excluding carboxylic acids is 1. The Morgan fingerprint density at radius 3 is 2.89 bits per heavy atom. The number of aromatic nitrogens is 3. The number of likely N-dealkylation sites (tertiary alicyclic amines) is 1. The van der Waals surface area contributed by atoms with Crippen LogP contribution in [0.15, 0.2) is 17.5 Å². The zero-order chi connectivity index (χ0) is 19.5. The number of rotatable bonds is 7. The third kappa shape index (κ3) is 4.86. The molecular formula is C20H27N5O2S. The molecule has 0 spiro atoms. The molecule has 150 valence electrons. The Bertz CT molecular complexity index is 805. The molecule has 0 aromatic carbocycles. The highest BCUT2D eigenvalue weighted by Crippen LogP contribution is 2.30. The van der Waals surface area contributed by atoms with Crippen LogP contribution in [0.25, 0.3) is 0 Å². The number of piperidine rings is 1. The number of hydrogen-bond donors (Lipinski definition) is 1. The third-order valence-corrected chi connectivity index (χ3v) is 6.55. The number of nitrogens with zero attached hydrogens (tertiary/aromatic N) is 4. The second-order valence-corrected chi connectivity index (χ2v) is 8.73. The highest BCUT2D eigenvalue weighted by molar-refractivity contribution is 7.09. The predicted molar refractivity (Wildman–Crippen MR) is 109 cm³/mol. The number of hydrogen-bond acceptors (Lipinski definition) is 7. The van der Waals surface area contributed by atoms with Gasteiger partial charge in [-0.1, -0.05) is 0 Å². The highest BCUT2D eigenvalue weighted by atomic mass is 32.1. The van der Waals surface area contributed by atoms with E-state index in [9.17, 15) is 4.79 Å². The SMILES string of the molecule is Cc1csc(C2CCCN(C(C)C(=O)Nc3ccc(OCC4CC4)nn3)C2)n1. The van der Waals surface area contributed by atoms with Crippen molar-refractivity contribution in [2.75, 3.05) is 25.0 Å². The first-order valence-corrected chi connectivity index (χ1v) is 10.9. The molecule has 1 saturated carbocycles. The van der Waals surface area contributed by atoms with Crippen molar-refractivity contribution in [3.05, 3.63) is 28.2 Å². The van der Waals surface area contributed by atoms with Gasteiger partial charge in [0.2, 0.25) is 11.8 Å². The Balaban J connectivity index is 1.30. The predicted octanol–water partition coefficient (Wildman–Crippen LogP) is 3.24. The van der Waals surface area contributed by atoms with Crippen LogP contribution in [0.5, 0.6) is 5.88 Å². The molecule has 8 heteroatoms. The number of ether oxygens (including phenoxy) is 1. The van der Waals surface area contributed by atoms with E-state index in [1.807, 2.05) is 13.8 Å². The molecule has 1 aliphatic carbocycles. The van der Waals surface area contributed by atoms with Gasteiger partial charge in [0.05, 0.1) is 17.7 Å². The van der Waals surface area contributed by atoms with Crippen LogP contribution in [0.2, 0.25) is 0 Å². The van der Waals surface area contributed by atoms with Gasteiger partial charge in [-0.3, -0.25) is 9.69 Å². The quantitative estimate of drug-likeness (QED) is 0.767. The number of carbonyl (C=O) groups is 1. The van der Waals surface area contributed by atoms with Crippen LogP contribution in [0, 0.1) is 12.8 Å². The van der Waals surface area contributed by atoms with Gasteiger partial charge in [-0.15, -0.1) is 21.5 Å². The first kappa shape index (κ1) is 19.3. The van der Waals surface area contributed by atoms with Gasteiger partial charge in [0.1, 0.15) is 0 Å². The van der Waals surface area contributed by atoms with Crippen molar-refractivity contribution in [1.82, 2.24) is 20.1 Å². The van der Waals surface area contributed by atoms with E-state index in [4.69, 9.17) is 4.74 Å². The minimum absolute atomic E-state index is 0.0584. The summed E-state index contributed by atoms with van der Waals surface area (Å²) in [7, 11) is 0. The van der Waals surface area contributed by atoms with Gasteiger partial charge < -0.3 is 10.1 Å². The Hall–Kier alpha value is -2.06. The lowest BCUT2D eigenvalue weighted by atomic mass is 9.97.